The minimum absolute atomic E-state index is 0. The number of methoxy groups -OCH3 is 4. The van der Waals surface area contributed by atoms with Crippen molar-refractivity contribution in [1.82, 2.24) is 18.3 Å². The highest BCUT2D eigenvalue weighted by atomic mass is 127. The Kier molecular flexibility index (Phi) is 46.4. The van der Waals surface area contributed by atoms with Crippen LogP contribution in [-0.2, 0) is 90.8 Å². The lowest BCUT2D eigenvalue weighted by molar-refractivity contribution is -0.672. The summed E-state index contributed by atoms with van der Waals surface area (Å²) in [5, 5.41) is 33.7. The SMILES string of the molecule is C.C.C.C.CC[n+]1ccc(/C=C/c2ccc3c(c2)c2ccccc2n3CCOCCOC)c2ccccc21.COCCOCCn1c2ccccc2c2cc(/C=C/c3cc[n+](C)c4ccccc34)ccc21.COCCOCCn1c2ccccc2c2cc(/C=C/c3cc[n+](CCCO)c4ccccc34)ccc21.COCCOCCn1c2ccccc2c2cc(/C=C/c3cc[n+](CCO)c4ccccc34)ccc21.[CH3-].[CH3-].[CH3-].[I-]. The first-order valence-electron chi connectivity index (χ1n) is 48.0. The van der Waals surface area contributed by atoms with Crippen molar-refractivity contribution in [3.05, 3.63) is 383 Å². The van der Waals surface area contributed by atoms with Crippen LogP contribution in [0.2, 0.25) is 0 Å². The first kappa shape index (κ1) is 116. The van der Waals surface area contributed by atoms with Crippen LogP contribution in [-0.4, -0.2) is 149 Å². The number of ether oxygens (including phenoxy) is 8. The van der Waals surface area contributed by atoms with E-state index in [1.54, 1.807) is 28.4 Å². The van der Waals surface area contributed by atoms with Crippen molar-refractivity contribution in [2.45, 2.75) is 88.9 Å². The Hall–Kier alpha value is -13.2. The summed E-state index contributed by atoms with van der Waals surface area (Å²) in [4.78, 5) is 0. The van der Waals surface area contributed by atoms with Crippen molar-refractivity contribution in [3.8, 4) is 0 Å². The molecular weight excluding hydrogens is 1920 g/mol. The first-order valence-corrected chi connectivity index (χ1v) is 48.0. The molecule has 0 saturated carbocycles. The molecule has 0 aliphatic heterocycles. The van der Waals surface area contributed by atoms with Crippen LogP contribution in [0.1, 0.15) is 87.6 Å². The average Bonchev–Trinajstić information content (AvgIpc) is 1.61. The highest BCUT2D eigenvalue weighted by molar-refractivity contribution is 6.12. The van der Waals surface area contributed by atoms with E-state index in [4.69, 9.17) is 37.9 Å². The van der Waals surface area contributed by atoms with E-state index in [1.807, 2.05) is 12.3 Å². The molecular formula is C127H149IN8O10. The molecule has 0 atom stereocenters. The highest BCUT2D eigenvalue weighted by Crippen LogP contribution is 2.37. The second-order valence-electron chi connectivity index (χ2n) is 34.3. The summed E-state index contributed by atoms with van der Waals surface area (Å²) in [6, 6.07) is 104. The fourth-order valence-corrected chi connectivity index (χ4v) is 18.9. The van der Waals surface area contributed by atoms with Crippen molar-refractivity contribution in [2.75, 3.05) is 121 Å². The van der Waals surface area contributed by atoms with Gasteiger partial charge in [-0.05, 0) is 148 Å². The molecule has 0 unspecified atom stereocenters. The van der Waals surface area contributed by atoms with Gasteiger partial charge >= 0.3 is 0 Å². The lowest BCUT2D eigenvalue weighted by Gasteiger charge is -2.08. The number of para-hydroxylation sites is 8. The molecule has 0 saturated heterocycles. The Labute approximate surface area is 881 Å². The van der Waals surface area contributed by atoms with E-state index >= 15 is 0 Å². The van der Waals surface area contributed by atoms with Crippen molar-refractivity contribution in [1.29, 1.82) is 0 Å². The third-order valence-electron chi connectivity index (χ3n) is 25.8. The minimum atomic E-state index is 0. The van der Waals surface area contributed by atoms with Gasteiger partial charge in [-0.3, -0.25) is 0 Å². The monoisotopic (exact) mass is 2070 g/mol. The van der Waals surface area contributed by atoms with Crippen LogP contribution < -0.4 is 42.2 Å². The number of aliphatic hydroxyl groups is 2. The number of fused-ring (bicyclic) bond motifs is 16. The van der Waals surface area contributed by atoms with Crippen LogP contribution in [0.5, 0.6) is 0 Å². The lowest BCUT2D eigenvalue weighted by Crippen LogP contribution is -3.00. The van der Waals surface area contributed by atoms with Crippen molar-refractivity contribution < 1.29 is 90.4 Å². The van der Waals surface area contributed by atoms with Crippen LogP contribution in [0.3, 0.4) is 0 Å². The molecule has 0 aliphatic carbocycles. The predicted molar refractivity (Wildman–Crippen MR) is 612 cm³/mol. The van der Waals surface area contributed by atoms with E-state index in [0.29, 0.717) is 85.8 Å². The molecule has 2 N–H and O–H groups in total. The summed E-state index contributed by atoms with van der Waals surface area (Å²) in [6.45, 7) is 15.6. The van der Waals surface area contributed by atoms with Crippen molar-refractivity contribution in [3.63, 3.8) is 0 Å². The molecule has 20 rings (SSSR count). The number of hydrogen-bond acceptors (Lipinski definition) is 10. The topological polar surface area (TPSA) is 150 Å². The quantitative estimate of drug-likeness (QED) is 0.0166. The number of aliphatic hydroxyl groups excluding tert-OH is 2. The molecule has 0 bridgehead atoms. The molecule has 20 aromatic rings. The van der Waals surface area contributed by atoms with E-state index in [0.717, 1.165) is 62.3 Å². The Morgan fingerprint density at radius 1 is 0.253 bits per heavy atom. The largest absolute Gasteiger partial charge is 1.00 e. The molecule has 19 heteroatoms. The summed E-state index contributed by atoms with van der Waals surface area (Å²) < 4.78 is 61.5. The van der Waals surface area contributed by atoms with Gasteiger partial charge in [0.25, 0.3) is 0 Å². The van der Waals surface area contributed by atoms with Gasteiger partial charge in [0.1, 0.15) is 20.2 Å². The Morgan fingerprint density at radius 2 is 0.500 bits per heavy atom. The van der Waals surface area contributed by atoms with Gasteiger partial charge in [-0.15, -0.1) is 0 Å². The summed E-state index contributed by atoms with van der Waals surface area (Å²) >= 11 is 0. The molecule has 18 nitrogen and oxygen atoms in total. The number of nitrogens with zero attached hydrogens (tertiary/aromatic N) is 8. The second-order valence-corrected chi connectivity index (χ2v) is 34.3. The standard InChI is InChI=1S/C31H33N2O3.C30H31N2O3.C30H31N2O2.C29H29N2O2.4CH4.3CH3.HI/c1-35-21-22-36-20-18-33-30-10-5-3-8-27(30)28-23-24(12-14-31(28)33)11-13-25-15-17-32(16-6-19-34)29-9-4-2-7-26(25)29;1-34-20-21-35-19-17-32-29-9-5-3-7-26(29)27-22-23(11-13-30(27)32)10-12-24-14-15-31(16-18-33)28-8-4-2-6-25(24)28;1-3-31-17-16-24(25-8-4-6-10-28(25)31)14-12-23-13-15-30-27(22-23)26-9-5-7-11-29(26)32(30)18-19-34-21-20-33-2;1-30-16-15-23(24-7-3-5-9-27(24)30)13-11-22-12-14-29-26(21-22)25-8-4-6-10-28(25)31(29)17-18-33-20-19-32-2;;;;;;;;/h2-5,7-15,17,23,34H,6,16,18-22H2,1H3;2-15,22,33H,16-21H2,1H3;4-17,22H,3,18-21H2,1-2H3;3-16,21H,17-20H2,1-2H3;4*1H4;3*1H3;1H/q4*+1;;;;;3*-1;/p-1. The van der Waals surface area contributed by atoms with Gasteiger partial charge in [-0.1, -0.05) is 224 Å². The van der Waals surface area contributed by atoms with Crippen molar-refractivity contribution in [2.24, 2.45) is 7.05 Å². The number of benzene rings is 12. The van der Waals surface area contributed by atoms with Crippen LogP contribution in [0.15, 0.2) is 316 Å². The summed E-state index contributed by atoms with van der Waals surface area (Å²) in [6.07, 6.45) is 26.8. The maximum atomic E-state index is 9.40. The third-order valence-corrected chi connectivity index (χ3v) is 25.8. The molecule has 0 amide bonds. The number of aryl methyl sites for hydroxylation is 3. The van der Waals surface area contributed by atoms with E-state index in [2.05, 4.69) is 403 Å². The van der Waals surface area contributed by atoms with E-state index in [-0.39, 0.29) is 89.2 Å². The number of pyridine rings is 4. The predicted octanol–water partition coefficient (Wildman–Crippen LogP) is 23.1. The van der Waals surface area contributed by atoms with Gasteiger partial charge in [-0.2, -0.15) is 13.7 Å². The Bertz CT molecular complexity index is 7720. The number of aromatic nitrogens is 8. The number of halogens is 1. The van der Waals surface area contributed by atoms with Gasteiger partial charge in [0, 0.05) is 203 Å². The maximum Gasteiger partial charge on any atom is 0.213 e. The zero-order valence-corrected chi connectivity index (χ0v) is 85.5. The minimum Gasteiger partial charge on any atom is -1.00 e. The molecule has 0 radical (unpaired) electrons. The smallest absolute Gasteiger partial charge is 0.213 e. The summed E-state index contributed by atoms with van der Waals surface area (Å²) in [5.74, 6) is 0. The van der Waals surface area contributed by atoms with Crippen LogP contribution >= 0.6 is 0 Å². The molecule has 0 aliphatic rings. The van der Waals surface area contributed by atoms with E-state index in [9.17, 15) is 10.2 Å². The van der Waals surface area contributed by atoms with Gasteiger partial charge in [0.05, 0.1) is 101 Å². The molecule has 146 heavy (non-hydrogen) atoms. The Morgan fingerprint density at radius 3 is 0.788 bits per heavy atom. The zero-order valence-electron chi connectivity index (χ0n) is 83.3. The molecule has 0 fully saturated rings. The lowest BCUT2D eigenvalue weighted by atomic mass is 10.1. The van der Waals surface area contributed by atoms with Crippen molar-refractivity contribution >= 4 is 179 Å². The van der Waals surface area contributed by atoms with E-state index in [1.165, 1.54) is 159 Å². The van der Waals surface area contributed by atoms with Crippen LogP contribution in [0.25, 0.3) is 179 Å². The number of hydrogen-bond donors (Lipinski definition) is 2. The third kappa shape index (κ3) is 27.3. The fourth-order valence-electron chi connectivity index (χ4n) is 18.9. The fraction of sp³-hybridized carbons (Fsp3) is 0.252. The Balaban J connectivity index is 0.000000213. The van der Waals surface area contributed by atoms with E-state index < -0.39 is 0 Å². The summed E-state index contributed by atoms with van der Waals surface area (Å²) in [5.41, 5.74) is 24.2. The maximum absolute atomic E-state index is 9.40. The van der Waals surface area contributed by atoms with Gasteiger partial charge in [0.15, 0.2) is 37.9 Å². The highest BCUT2D eigenvalue weighted by Gasteiger charge is 2.20. The molecule has 8 aromatic heterocycles. The second kappa shape index (κ2) is 58.2. The molecule has 0 spiro atoms. The van der Waals surface area contributed by atoms with Crippen LogP contribution in [0, 0.1) is 22.3 Å². The summed E-state index contributed by atoms with van der Waals surface area (Å²) in [7, 11) is 8.86. The van der Waals surface area contributed by atoms with Gasteiger partial charge in [0.2, 0.25) is 22.1 Å². The molecule has 12 aromatic carbocycles. The first-order chi connectivity index (χ1) is 68.1. The zero-order chi connectivity index (χ0) is 94.7. The molecule has 8 heterocycles. The average molecular weight is 2070 g/mol. The van der Waals surface area contributed by atoms with Gasteiger partial charge in [-0.25, -0.2) is 4.57 Å². The van der Waals surface area contributed by atoms with Gasteiger partial charge < -0.3 is 113 Å². The molecule has 764 valence electrons. The number of rotatable bonds is 38. The van der Waals surface area contributed by atoms with Crippen LogP contribution in [0.4, 0.5) is 0 Å². The normalized spacial score (nSPS) is 11.3.